The summed E-state index contributed by atoms with van der Waals surface area (Å²) in [4.78, 5) is 4.45. The van der Waals surface area contributed by atoms with Crippen molar-refractivity contribution in [1.82, 2.24) is 36.9 Å². The van der Waals surface area contributed by atoms with Crippen molar-refractivity contribution < 1.29 is 37.9 Å². The quantitative estimate of drug-likeness (QED) is 0.0216. The molecule has 6 rings (SSSR count). The Bertz CT molecular complexity index is 3760. The number of hydrogen-bond acceptors (Lipinski definition) is 15. The van der Waals surface area contributed by atoms with E-state index in [0.29, 0.717) is 39.6 Å². The highest BCUT2D eigenvalue weighted by molar-refractivity contribution is 5.54. The second-order valence-electron chi connectivity index (χ2n) is 45.0. The Morgan fingerprint density at radius 1 is 0.326 bits per heavy atom. The van der Waals surface area contributed by atoms with Gasteiger partial charge in [0.1, 0.15) is 60.8 Å². The molecule has 0 aliphatic carbocycles. The van der Waals surface area contributed by atoms with E-state index in [-0.39, 0.29) is 85.5 Å². The Balaban J connectivity index is -0.000000717. The summed E-state index contributed by atoms with van der Waals surface area (Å²) in [7, 11) is 0. The Morgan fingerprint density at radius 2 is 0.659 bits per heavy atom. The van der Waals surface area contributed by atoms with E-state index >= 15 is 0 Å². The van der Waals surface area contributed by atoms with E-state index < -0.39 is 0 Å². The zero-order chi connectivity index (χ0) is 99.1. The lowest BCUT2D eigenvalue weighted by molar-refractivity contribution is -0.0150. The largest absolute Gasteiger partial charge is 0.492 e. The Morgan fingerprint density at radius 3 is 0.992 bits per heavy atom. The predicted octanol–water partition coefficient (Wildman–Crippen LogP) is 29.5. The lowest BCUT2D eigenvalue weighted by Crippen LogP contribution is -2.41. The predicted molar refractivity (Wildman–Crippen MR) is 569 cm³/mol. The van der Waals surface area contributed by atoms with Crippen molar-refractivity contribution in [1.29, 1.82) is 0 Å². The van der Waals surface area contributed by atoms with E-state index in [4.69, 9.17) is 37.9 Å². The van der Waals surface area contributed by atoms with Crippen LogP contribution in [0.2, 0.25) is 0 Å². The maximum absolute atomic E-state index is 5.99. The van der Waals surface area contributed by atoms with Gasteiger partial charge in [-0.15, -0.1) is 0 Å². The van der Waals surface area contributed by atoms with Crippen LogP contribution >= 0.6 is 0 Å². The van der Waals surface area contributed by atoms with Crippen molar-refractivity contribution in [3.05, 3.63) is 186 Å². The van der Waals surface area contributed by atoms with Gasteiger partial charge in [0.25, 0.3) is 0 Å². The maximum Gasteiger partial charge on any atom is 0.161 e. The Kier molecular flexibility index (Phi) is 63.4. The first-order chi connectivity index (χ1) is 58.7. The molecule has 5 aromatic carbocycles. The number of pyridine rings is 1. The standard InChI is InChI=1S/2C19H31NO.C18H31NO2.C18H29NO.C17H29NO2.C16H28N2O.3C2H6.CH4/c2*1-15(14-20-19(5,6)7)21-17-10-8-9-16(13-17)11-12-18(2,3)4;1-17(2,3)14-21-16-11-8-7-10-15(16)20-13-9-12-19-18(4,5)6;1-17(2,3)11-10-15-8-7-9-16(14-15)20-13-12-19-18(4,5)6;1-16(2,3)18-10-11-19-15-9-7-8-14(12-15)13-20-17(4,5)6;1-15(2,3)11-13-7-8-14(12-17-13)19-10-9-18-16(4,5)6;3*1-2;/h2*8-13,15,20H,14H2,1-7H3;7-8,10-11,19H,9,12-14H2,1-6H3;7-11,14,19H,12-13H2,1-6H3;7-9,12,18H,10-11,13H2,1-6H3;7-8,12,18H,9-11H2,1-6H3;3*1-2H3;1H4/b2*12-11+;;11-10+;;;;;;/t2*15-;;;;;;;;/m10......../s1. The van der Waals surface area contributed by atoms with E-state index in [1.54, 1.807) is 0 Å². The molecule has 0 aliphatic heterocycles. The molecule has 0 unspecified atom stereocenters. The van der Waals surface area contributed by atoms with E-state index in [9.17, 15) is 0 Å². The molecule has 15 heteroatoms. The van der Waals surface area contributed by atoms with Gasteiger partial charge in [-0.3, -0.25) is 4.98 Å². The van der Waals surface area contributed by atoms with Crippen LogP contribution in [0.25, 0.3) is 18.2 Å². The Hall–Kier alpha value is -7.21. The summed E-state index contributed by atoms with van der Waals surface area (Å²) < 4.78 is 46.7. The van der Waals surface area contributed by atoms with E-state index in [0.717, 1.165) is 104 Å². The van der Waals surface area contributed by atoms with Gasteiger partial charge in [0, 0.05) is 71.7 Å². The molecule has 0 radical (unpaired) electrons. The van der Waals surface area contributed by atoms with Crippen molar-refractivity contribution in [3.63, 3.8) is 0 Å². The molecule has 0 spiro atoms. The minimum Gasteiger partial charge on any atom is -0.492 e. The van der Waals surface area contributed by atoms with Gasteiger partial charge in [0.2, 0.25) is 0 Å². The number of para-hydroxylation sites is 2. The third-order valence-electron chi connectivity index (χ3n) is 16.3. The van der Waals surface area contributed by atoms with Crippen molar-refractivity contribution in [2.75, 3.05) is 72.3 Å². The normalized spacial score (nSPS) is 12.6. The third kappa shape index (κ3) is 84.8. The first kappa shape index (κ1) is 128. The number of rotatable bonds is 33. The van der Waals surface area contributed by atoms with Crippen LogP contribution in [0.4, 0.5) is 0 Å². The fraction of sp³-hybridized carbons (Fsp3) is 0.640. The number of ether oxygens (including phenoxy) is 8. The molecular weight excluding hydrogens is 1600 g/mol. The van der Waals surface area contributed by atoms with Gasteiger partial charge in [0.15, 0.2) is 11.5 Å². The summed E-state index contributed by atoms with van der Waals surface area (Å²) in [5.74, 6) is 6.18. The van der Waals surface area contributed by atoms with Gasteiger partial charge >= 0.3 is 0 Å². The molecule has 0 fully saturated rings. The molecule has 6 N–H and O–H groups in total. The van der Waals surface area contributed by atoms with Gasteiger partial charge in [0.05, 0.1) is 31.6 Å². The summed E-state index contributed by atoms with van der Waals surface area (Å²) in [6.45, 7) is 103. The van der Waals surface area contributed by atoms with Gasteiger partial charge < -0.3 is 69.8 Å². The van der Waals surface area contributed by atoms with Crippen LogP contribution in [-0.2, 0) is 17.8 Å². The van der Waals surface area contributed by atoms with Crippen LogP contribution in [0.5, 0.6) is 40.2 Å². The number of benzene rings is 5. The van der Waals surface area contributed by atoms with Crippen LogP contribution in [0.1, 0.15) is 346 Å². The molecule has 15 nitrogen and oxygen atoms in total. The summed E-state index contributed by atoms with van der Waals surface area (Å²) >= 11 is 0. The number of hydrogen-bond donors (Lipinski definition) is 6. The molecule has 2 atom stereocenters. The molecule has 129 heavy (non-hydrogen) atoms. The zero-order valence-electron chi connectivity index (χ0n) is 90.5. The first-order valence-corrected chi connectivity index (χ1v) is 47.9. The monoisotopic (exact) mass is 1800 g/mol. The highest BCUT2D eigenvalue weighted by atomic mass is 16.5. The number of nitrogens with one attached hydrogen (secondary N) is 6. The van der Waals surface area contributed by atoms with Gasteiger partial charge in [-0.05, 0) is 301 Å². The highest BCUT2D eigenvalue weighted by Crippen LogP contribution is 2.30. The fourth-order valence-corrected chi connectivity index (χ4v) is 10.2. The van der Waals surface area contributed by atoms with Crippen LogP contribution in [0.15, 0.2) is 158 Å². The first-order valence-electron chi connectivity index (χ1n) is 47.9. The van der Waals surface area contributed by atoms with E-state index in [1.165, 1.54) is 16.7 Å². The molecule has 0 bridgehead atoms. The van der Waals surface area contributed by atoms with Crippen molar-refractivity contribution in [2.24, 2.45) is 27.1 Å². The summed E-state index contributed by atoms with van der Waals surface area (Å²) in [6.07, 6.45) is 17.2. The molecule has 6 aromatic rings. The number of allylic oxidation sites excluding steroid dienone is 3. The second kappa shape index (κ2) is 63.8. The molecular formula is C114H201N7O8. The van der Waals surface area contributed by atoms with Crippen LogP contribution in [-0.4, -0.2) is 128 Å². The summed E-state index contributed by atoms with van der Waals surface area (Å²) in [5, 5.41) is 20.6. The fourth-order valence-electron chi connectivity index (χ4n) is 10.2. The summed E-state index contributed by atoms with van der Waals surface area (Å²) in [6, 6.07) is 44.8. The number of aromatic nitrogens is 1. The van der Waals surface area contributed by atoms with E-state index in [1.807, 2.05) is 133 Å². The van der Waals surface area contributed by atoms with E-state index in [2.05, 4.69) is 385 Å². The SMILES string of the molecule is C.CC.CC.CC.CC(C)(C)/C=C/c1cccc(OCCNC(C)(C)C)c1.CC(C)(C)COc1ccccc1OCCCNC(C)(C)C.CC(C)(C)Cc1ccc(OCCNC(C)(C)C)cn1.CC(C)(C)NCCOc1cccc(COC(C)(C)C)c1.C[C@@H](CNC(C)(C)C)Oc1cccc(/C=C/C(C)(C)C)c1.C[C@H](CNC(C)(C)C)Oc1cccc(/C=C/C(C)(C)C)c1. The van der Waals surface area contributed by atoms with Gasteiger partial charge in [-0.1, -0.05) is 250 Å². The van der Waals surface area contributed by atoms with Gasteiger partial charge in [-0.25, -0.2) is 0 Å². The maximum atomic E-state index is 5.99. The third-order valence-corrected chi connectivity index (χ3v) is 16.3. The minimum atomic E-state index is -0.118. The summed E-state index contributed by atoms with van der Waals surface area (Å²) in [5.41, 5.74) is 7.49. The lowest BCUT2D eigenvalue weighted by Gasteiger charge is -2.24. The average molecular weight is 1800 g/mol. The molecule has 1 aromatic heterocycles. The molecule has 0 saturated heterocycles. The lowest BCUT2D eigenvalue weighted by atomic mass is 9.90. The zero-order valence-corrected chi connectivity index (χ0v) is 90.5. The van der Waals surface area contributed by atoms with Gasteiger partial charge in [-0.2, -0.15) is 0 Å². The number of nitrogens with zero attached hydrogens (tertiary/aromatic N) is 1. The topological polar surface area (TPSA) is 159 Å². The van der Waals surface area contributed by atoms with Crippen LogP contribution in [0, 0.1) is 27.1 Å². The molecule has 0 saturated carbocycles. The smallest absolute Gasteiger partial charge is 0.161 e. The highest BCUT2D eigenvalue weighted by Gasteiger charge is 2.20. The average Bonchev–Trinajstić information content (AvgIpc) is 0.901. The molecule has 740 valence electrons. The van der Waals surface area contributed by atoms with Crippen molar-refractivity contribution in [2.45, 2.75) is 383 Å². The molecule has 0 amide bonds. The van der Waals surface area contributed by atoms with Crippen molar-refractivity contribution >= 4 is 18.2 Å². The minimum absolute atomic E-state index is 0. The Labute approximate surface area is 796 Å². The van der Waals surface area contributed by atoms with Crippen molar-refractivity contribution in [3.8, 4) is 40.2 Å². The van der Waals surface area contributed by atoms with Crippen LogP contribution in [0.3, 0.4) is 0 Å². The van der Waals surface area contributed by atoms with Crippen LogP contribution < -0.4 is 65.1 Å². The molecule has 1 heterocycles. The second-order valence-corrected chi connectivity index (χ2v) is 45.0. The molecule has 0 aliphatic rings.